The van der Waals surface area contributed by atoms with Crippen molar-refractivity contribution >= 4 is 11.4 Å². The van der Waals surface area contributed by atoms with E-state index in [1.54, 1.807) is 17.1 Å². The number of halogens is 3. The first-order valence-electron chi connectivity index (χ1n) is 5.87. The van der Waals surface area contributed by atoms with Crippen molar-refractivity contribution < 1.29 is 13.2 Å². The van der Waals surface area contributed by atoms with E-state index in [-0.39, 0.29) is 11.4 Å². The number of alkyl halides is 3. The number of nitrogens with one attached hydrogen (secondary N) is 1. The molecule has 6 nitrogen and oxygen atoms in total. The smallest absolute Gasteiger partial charge is 0.396 e. The van der Waals surface area contributed by atoms with Crippen LogP contribution in [0.4, 0.5) is 24.5 Å². The standard InChI is InChI=1S/C11H13F3N6/c12-11(13,14)10-6-9(8(15)7-17-10)16-2-1-4-20-5-3-18-19-20/h3,5-7H,1-2,4,15H2,(H,16,17). The van der Waals surface area contributed by atoms with Crippen LogP contribution in [0.15, 0.2) is 24.7 Å². The first kappa shape index (κ1) is 14.1. The van der Waals surface area contributed by atoms with Gasteiger partial charge in [-0.15, -0.1) is 5.10 Å². The molecule has 0 fully saturated rings. The molecule has 0 radical (unpaired) electrons. The van der Waals surface area contributed by atoms with Gasteiger partial charge in [-0.25, -0.2) is 4.98 Å². The molecule has 0 saturated carbocycles. The molecule has 0 aliphatic rings. The molecule has 2 aromatic rings. The van der Waals surface area contributed by atoms with Gasteiger partial charge in [0.15, 0.2) is 0 Å². The van der Waals surface area contributed by atoms with Crippen molar-refractivity contribution in [2.45, 2.75) is 19.1 Å². The highest BCUT2D eigenvalue weighted by atomic mass is 19.4. The Morgan fingerprint density at radius 2 is 2.15 bits per heavy atom. The minimum absolute atomic E-state index is 0.179. The maximum absolute atomic E-state index is 12.5. The number of anilines is 2. The van der Waals surface area contributed by atoms with Gasteiger partial charge in [0.1, 0.15) is 5.69 Å². The van der Waals surface area contributed by atoms with Crippen LogP contribution in [0.5, 0.6) is 0 Å². The molecule has 2 heterocycles. The normalized spacial score (nSPS) is 11.6. The maximum atomic E-state index is 12.5. The van der Waals surface area contributed by atoms with Gasteiger partial charge < -0.3 is 11.1 Å². The van der Waals surface area contributed by atoms with Crippen LogP contribution < -0.4 is 11.1 Å². The highest BCUT2D eigenvalue weighted by molar-refractivity contribution is 5.65. The van der Waals surface area contributed by atoms with Crippen LogP contribution in [0.25, 0.3) is 0 Å². The molecule has 9 heteroatoms. The molecule has 0 unspecified atom stereocenters. The molecule has 2 aromatic heterocycles. The zero-order valence-electron chi connectivity index (χ0n) is 10.4. The van der Waals surface area contributed by atoms with Gasteiger partial charge in [-0.1, -0.05) is 5.21 Å². The lowest BCUT2D eigenvalue weighted by molar-refractivity contribution is -0.141. The van der Waals surface area contributed by atoms with Gasteiger partial charge in [0, 0.05) is 19.3 Å². The molecule has 0 aliphatic heterocycles. The summed E-state index contributed by atoms with van der Waals surface area (Å²) in [5, 5.41) is 10.3. The number of nitrogen functional groups attached to an aromatic ring is 1. The van der Waals surface area contributed by atoms with Gasteiger partial charge in [0.25, 0.3) is 0 Å². The number of rotatable bonds is 5. The predicted molar refractivity (Wildman–Crippen MR) is 66.8 cm³/mol. The van der Waals surface area contributed by atoms with Crippen LogP contribution in [0, 0.1) is 0 Å². The van der Waals surface area contributed by atoms with E-state index < -0.39 is 11.9 Å². The summed E-state index contributed by atoms with van der Waals surface area (Å²) in [6, 6.07) is 0.908. The second-order valence-electron chi connectivity index (χ2n) is 4.10. The van der Waals surface area contributed by atoms with Gasteiger partial charge in [-0.3, -0.25) is 4.68 Å². The Morgan fingerprint density at radius 3 is 2.80 bits per heavy atom. The predicted octanol–water partition coefficient (Wildman–Crippen LogP) is 1.78. The maximum Gasteiger partial charge on any atom is 0.433 e. The average molecular weight is 286 g/mol. The first-order valence-corrected chi connectivity index (χ1v) is 5.87. The molecular weight excluding hydrogens is 273 g/mol. The fourth-order valence-electron chi connectivity index (χ4n) is 1.59. The summed E-state index contributed by atoms with van der Waals surface area (Å²) in [6.07, 6.45) is 0.465. The molecule has 0 bridgehead atoms. The largest absolute Gasteiger partial charge is 0.433 e. The highest BCUT2D eigenvalue weighted by Crippen LogP contribution is 2.30. The van der Waals surface area contributed by atoms with Crippen molar-refractivity contribution in [1.82, 2.24) is 20.0 Å². The van der Waals surface area contributed by atoms with Crippen molar-refractivity contribution in [1.29, 1.82) is 0 Å². The molecule has 0 aliphatic carbocycles. The Morgan fingerprint density at radius 1 is 1.35 bits per heavy atom. The molecule has 108 valence electrons. The van der Waals surface area contributed by atoms with E-state index in [1.165, 1.54) is 0 Å². The van der Waals surface area contributed by atoms with Crippen LogP contribution in [-0.4, -0.2) is 26.5 Å². The van der Waals surface area contributed by atoms with Crippen LogP contribution in [0.1, 0.15) is 12.1 Å². The van der Waals surface area contributed by atoms with Gasteiger partial charge in [0.2, 0.25) is 0 Å². The molecule has 0 aromatic carbocycles. The summed E-state index contributed by atoms with van der Waals surface area (Å²) < 4.78 is 39.2. The molecule has 0 saturated heterocycles. The van der Waals surface area contributed by atoms with Crippen molar-refractivity contribution in [3.63, 3.8) is 0 Å². The average Bonchev–Trinajstić information content (AvgIpc) is 2.88. The fourth-order valence-corrected chi connectivity index (χ4v) is 1.59. The zero-order chi connectivity index (χ0) is 14.6. The quantitative estimate of drug-likeness (QED) is 0.819. The van der Waals surface area contributed by atoms with Gasteiger partial charge in [-0.2, -0.15) is 13.2 Å². The Bertz CT molecular complexity index is 552. The summed E-state index contributed by atoms with van der Waals surface area (Å²) >= 11 is 0. The number of pyridine rings is 1. The van der Waals surface area contributed by atoms with E-state index >= 15 is 0 Å². The molecule has 0 spiro atoms. The van der Waals surface area contributed by atoms with Crippen molar-refractivity contribution in [2.24, 2.45) is 0 Å². The number of nitrogens with zero attached hydrogens (tertiary/aromatic N) is 4. The minimum Gasteiger partial charge on any atom is -0.396 e. The minimum atomic E-state index is -4.48. The van der Waals surface area contributed by atoms with E-state index in [4.69, 9.17) is 5.73 Å². The van der Waals surface area contributed by atoms with Crippen LogP contribution in [0.3, 0.4) is 0 Å². The Labute approximate surface area is 112 Å². The number of nitrogens with two attached hydrogens (primary N) is 1. The SMILES string of the molecule is Nc1cnc(C(F)(F)F)cc1NCCCn1ccnn1. The highest BCUT2D eigenvalue weighted by Gasteiger charge is 2.32. The second kappa shape index (κ2) is 5.76. The molecule has 0 atom stereocenters. The lowest BCUT2D eigenvalue weighted by atomic mass is 10.2. The Hall–Kier alpha value is -2.32. The summed E-state index contributed by atoms with van der Waals surface area (Å²) in [7, 11) is 0. The van der Waals surface area contributed by atoms with Crippen molar-refractivity contribution in [3.8, 4) is 0 Å². The second-order valence-corrected chi connectivity index (χ2v) is 4.10. The number of hydrogen-bond donors (Lipinski definition) is 2. The monoisotopic (exact) mass is 286 g/mol. The topological polar surface area (TPSA) is 81.6 Å². The van der Waals surface area contributed by atoms with Crippen molar-refractivity contribution in [3.05, 3.63) is 30.4 Å². The van der Waals surface area contributed by atoms with E-state index in [1.807, 2.05) is 0 Å². The third-order valence-corrected chi connectivity index (χ3v) is 2.58. The Balaban J connectivity index is 1.91. The van der Waals surface area contributed by atoms with Gasteiger partial charge >= 0.3 is 6.18 Å². The molecule has 3 N–H and O–H groups in total. The number of aryl methyl sites for hydroxylation is 1. The lowest BCUT2D eigenvalue weighted by Gasteiger charge is -2.12. The van der Waals surface area contributed by atoms with Crippen LogP contribution in [-0.2, 0) is 12.7 Å². The number of aromatic nitrogens is 4. The summed E-state index contributed by atoms with van der Waals surface area (Å²) in [6.45, 7) is 1.08. The van der Waals surface area contributed by atoms with E-state index in [0.717, 1.165) is 12.3 Å². The zero-order valence-corrected chi connectivity index (χ0v) is 10.4. The first-order chi connectivity index (χ1) is 9.47. The fraction of sp³-hybridized carbons (Fsp3) is 0.364. The summed E-state index contributed by atoms with van der Waals surface area (Å²) in [5.41, 5.74) is 5.03. The lowest BCUT2D eigenvalue weighted by Crippen LogP contribution is -2.12. The van der Waals surface area contributed by atoms with E-state index in [2.05, 4.69) is 20.6 Å². The van der Waals surface area contributed by atoms with E-state index in [9.17, 15) is 13.2 Å². The van der Waals surface area contributed by atoms with Crippen molar-refractivity contribution in [2.75, 3.05) is 17.6 Å². The number of hydrogen-bond acceptors (Lipinski definition) is 5. The van der Waals surface area contributed by atoms with Crippen LogP contribution >= 0.6 is 0 Å². The molecular formula is C11H13F3N6. The third-order valence-electron chi connectivity index (χ3n) is 2.58. The molecule has 20 heavy (non-hydrogen) atoms. The van der Waals surface area contributed by atoms with E-state index in [0.29, 0.717) is 19.5 Å². The molecule has 2 rings (SSSR count). The Kier molecular flexibility index (Phi) is 4.06. The third kappa shape index (κ3) is 3.59. The van der Waals surface area contributed by atoms with Gasteiger partial charge in [-0.05, 0) is 12.5 Å². The molecule has 0 amide bonds. The summed E-state index contributed by atoms with van der Waals surface area (Å²) in [5.74, 6) is 0. The summed E-state index contributed by atoms with van der Waals surface area (Å²) in [4.78, 5) is 3.27. The van der Waals surface area contributed by atoms with Crippen LogP contribution in [0.2, 0.25) is 0 Å². The van der Waals surface area contributed by atoms with Gasteiger partial charge in [0.05, 0.1) is 23.8 Å².